The number of amides is 1. The van der Waals surface area contributed by atoms with Gasteiger partial charge in [0.15, 0.2) is 6.29 Å². The van der Waals surface area contributed by atoms with Crippen molar-refractivity contribution in [3.63, 3.8) is 0 Å². The summed E-state index contributed by atoms with van der Waals surface area (Å²) in [4.78, 5) is 13.5. The standard InChI is InChI=1S/C36H63NO8/c1-2-3-4-5-6-7-8-9-10-11-12-13-14-15-29(39)28(24-44-35-34(43)33(42)32(41)30(23-38)45-35)37-31(40)22-36-19-25-16-26(20-36)18-27(17-25)21-36/h14-15,25-30,32-35,38-39,41-43H,2-13,16-24H2,1H3,(H,37,40)/b15-14+/t25?,26?,27?,28-,29+,30+,32-,33-,34+,35+,36?/m0/s1. The summed E-state index contributed by atoms with van der Waals surface area (Å²) in [5.41, 5.74) is 0.0529. The van der Waals surface area contributed by atoms with Crippen LogP contribution in [-0.2, 0) is 14.3 Å². The molecule has 7 atom stereocenters. The second-order valence-corrected chi connectivity index (χ2v) is 15.0. The number of unbranched alkanes of at least 4 members (excludes halogenated alkanes) is 11. The van der Waals surface area contributed by atoms with Crippen LogP contribution in [0.15, 0.2) is 12.2 Å². The summed E-state index contributed by atoms with van der Waals surface area (Å²) in [7, 11) is 0. The number of carbonyl (C=O) groups excluding carboxylic acids is 1. The van der Waals surface area contributed by atoms with Crippen molar-refractivity contribution in [1.82, 2.24) is 5.32 Å². The Morgan fingerprint density at radius 3 is 1.98 bits per heavy atom. The van der Waals surface area contributed by atoms with Gasteiger partial charge < -0.3 is 40.3 Å². The molecule has 0 spiro atoms. The number of ether oxygens (including phenoxy) is 2. The first-order valence-corrected chi connectivity index (χ1v) is 18.3. The van der Waals surface area contributed by atoms with E-state index in [2.05, 4.69) is 12.2 Å². The predicted octanol–water partition coefficient (Wildman–Crippen LogP) is 4.51. The largest absolute Gasteiger partial charge is 0.394 e. The first-order valence-electron chi connectivity index (χ1n) is 18.3. The van der Waals surface area contributed by atoms with E-state index in [4.69, 9.17) is 9.47 Å². The van der Waals surface area contributed by atoms with Crippen LogP contribution < -0.4 is 5.32 Å². The summed E-state index contributed by atoms with van der Waals surface area (Å²) in [6.45, 7) is 1.53. The molecule has 0 aromatic rings. The highest BCUT2D eigenvalue weighted by atomic mass is 16.7. The van der Waals surface area contributed by atoms with Gasteiger partial charge in [-0.2, -0.15) is 0 Å². The van der Waals surface area contributed by atoms with Crippen LogP contribution in [0.4, 0.5) is 0 Å². The number of rotatable bonds is 21. The molecule has 0 radical (unpaired) electrons. The second-order valence-electron chi connectivity index (χ2n) is 15.0. The predicted molar refractivity (Wildman–Crippen MR) is 173 cm³/mol. The summed E-state index contributed by atoms with van der Waals surface area (Å²) < 4.78 is 11.3. The van der Waals surface area contributed by atoms with E-state index in [9.17, 15) is 30.3 Å². The highest BCUT2D eigenvalue weighted by Gasteiger charge is 2.51. The highest BCUT2D eigenvalue weighted by molar-refractivity contribution is 5.77. The molecule has 6 N–H and O–H groups in total. The number of hydrogen-bond donors (Lipinski definition) is 6. The minimum Gasteiger partial charge on any atom is -0.394 e. The zero-order chi connectivity index (χ0) is 32.2. The van der Waals surface area contributed by atoms with Gasteiger partial charge in [0.05, 0.1) is 25.4 Å². The van der Waals surface area contributed by atoms with Gasteiger partial charge in [-0.05, 0) is 74.5 Å². The van der Waals surface area contributed by atoms with E-state index in [0.717, 1.165) is 56.3 Å². The molecule has 5 fully saturated rings. The van der Waals surface area contributed by atoms with Gasteiger partial charge in [0, 0.05) is 6.42 Å². The van der Waals surface area contributed by atoms with Crippen molar-refractivity contribution in [3.05, 3.63) is 12.2 Å². The molecule has 5 rings (SSSR count). The van der Waals surface area contributed by atoms with E-state index in [1.165, 1.54) is 77.0 Å². The zero-order valence-electron chi connectivity index (χ0n) is 27.7. The summed E-state index contributed by atoms with van der Waals surface area (Å²) in [5, 5.41) is 54.4. The maximum Gasteiger partial charge on any atom is 0.220 e. The Morgan fingerprint density at radius 2 is 1.42 bits per heavy atom. The van der Waals surface area contributed by atoms with Gasteiger partial charge in [-0.3, -0.25) is 4.79 Å². The Labute approximate surface area is 271 Å². The van der Waals surface area contributed by atoms with Gasteiger partial charge >= 0.3 is 0 Å². The summed E-state index contributed by atoms with van der Waals surface area (Å²) >= 11 is 0. The molecule has 9 heteroatoms. The van der Waals surface area contributed by atoms with Crippen LogP contribution >= 0.6 is 0 Å². The first-order chi connectivity index (χ1) is 21.7. The lowest BCUT2D eigenvalue weighted by Gasteiger charge is -2.56. The van der Waals surface area contributed by atoms with Crippen LogP contribution in [0.25, 0.3) is 0 Å². The monoisotopic (exact) mass is 637 g/mol. The van der Waals surface area contributed by atoms with Gasteiger partial charge in [0.1, 0.15) is 24.4 Å². The van der Waals surface area contributed by atoms with Gasteiger partial charge in [-0.1, -0.05) is 83.3 Å². The van der Waals surface area contributed by atoms with Crippen LogP contribution in [0.3, 0.4) is 0 Å². The third kappa shape index (κ3) is 11.0. The molecule has 1 amide bonds. The highest BCUT2D eigenvalue weighted by Crippen LogP contribution is 2.61. The van der Waals surface area contributed by atoms with Crippen LogP contribution in [-0.4, -0.2) is 87.5 Å². The normalized spacial score (nSPS) is 35.6. The van der Waals surface area contributed by atoms with Crippen molar-refractivity contribution in [2.75, 3.05) is 13.2 Å². The van der Waals surface area contributed by atoms with Crippen LogP contribution in [0, 0.1) is 23.2 Å². The van der Waals surface area contributed by atoms with Gasteiger partial charge in [-0.15, -0.1) is 0 Å². The van der Waals surface area contributed by atoms with Crippen molar-refractivity contribution in [2.24, 2.45) is 23.2 Å². The van der Waals surface area contributed by atoms with Gasteiger partial charge in [-0.25, -0.2) is 0 Å². The number of hydrogen-bond acceptors (Lipinski definition) is 8. The Balaban J connectivity index is 1.24. The molecule has 1 aliphatic heterocycles. The van der Waals surface area contributed by atoms with Crippen molar-refractivity contribution < 1.29 is 39.8 Å². The Hall–Kier alpha value is -1.07. The zero-order valence-corrected chi connectivity index (χ0v) is 27.7. The van der Waals surface area contributed by atoms with Crippen LogP contribution in [0.1, 0.15) is 129 Å². The van der Waals surface area contributed by atoms with E-state index in [0.29, 0.717) is 6.42 Å². The van der Waals surface area contributed by atoms with Gasteiger partial charge in [0.25, 0.3) is 0 Å². The molecular formula is C36H63NO8. The third-order valence-electron chi connectivity index (χ3n) is 11.1. The lowest BCUT2D eigenvalue weighted by atomic mass is 9.49. The van der Waals surface area contributed by atoms with E-state index in [1.807, 2.05) is 6.08 Å². The molecule has 4 saturated carbocycles. The van der Waals surface area contributed by atoms with Crippen LogP contribution in [0.2, 0.25) is 0 Å². The number of nitrogens with one attached hydrogen (secondary N) is 1. The minimum absolute atomic E-state index is 0.0529. The quantitative estimate of drug-likeness (QED) is 0.0796. The molecule has 1 saturated heterocycles. The summed E-state index contributed by atoms with van der Waals surface area (Å²) in [5.74, 6) is 2.10. The van der Waals surface area contributed by atoms with E-state index in [-0.39, 0.29) is 17.9 Å². The van der Waals surface area contributed by atoms with Crippen molar-refractivity contribution >= 4 is 5.91 Å². The van der Waals surface area contributed by atoms with E-state index >= 15 is 0 Å². The number of aliphatic hydroxyl groups excluding tert-OH is 5. The molecular weight excluding hydrogens is 574 g/mol. The maximum atomic E-state index is 13.5. The Morgan fingerprint density at radius 1 is 0.867 bits per heavy atom. The average molecular weight is 638 g/mol. The van der Waals surface area contributed by atoms with E-state index in [1.54, 1.807) is 6.08 Å². The lowest BCUT2D eigenvalue weighted by molar-refractivity contribution is -0.302. The molecule has 1 heterocycles. The summed E-state index contributed by atoms with van der Waals surface area (Å²) in [6, 6.07) is -0.785. The number of aliphatic hydroxyl groups is 5. The Kier molecular flexibility index (Phi) is 15.1. The lowest BCUT2D eigenvalue weighted by Crippen LogP contribution is -2.60. The molecule has 4 aliphatic carbocycles. The van der Waals surface area contributed by atoms with Crippen molar-refractivity contribution in [1.29, 1.82) is 0 Å². The van der Waals surface area contributed by atoms with Crippen LogP contribution in [0.5, 0.6) is 0 Å². The number of carbonyl (C=O) groups is 1. The molecule has 0 aromatic carbocycles. The van der Waals surface area contributed by atoms with Crippen molar-refractivity contribution in [3.8, 4) is 0 Å². The first kappa shape index (κ1) is 36.8. The topological polar surface area (TPSA) is 149 Å². The fraction of sp³-hybridized carbons (Fsp3) is 0.917. The molecule has 0 unspecified atom stereocenters. The molecule has 260 valence electrons. The molecule has 0 aromatic heterocycles. The van der Waals surface area contributed by atoms with E-state index < -0.39 is 49.5 Å². The number of allylic oxidation sites excluding steroid dienone is 1. The fourth-order valence-electron chi connectivity index (χ4n) is 9.03. The average Bonchev–Trinajstić information content (AvgIpc) is 3.00. The second kappa shape index (κ2) is 18.5. The molecule has 4 bridgehead atoms. The summed E-state index contributed by atoms with van der Waals surface area (Å²) in [6.07, 6.45) is 18.2. The molecule has 45 heavy (non-hydrogen) atoms. The Bertz CT molecular complexity index is 861. The van der Waals surface area contributed by atoms with Crippen molar-refractivity contribution in [2.45, 2.75) is 172 Å². The van der Waals surface area contributed by atoms with Gasteiger partial charge in [0.2, 0.25) is 5.91 Å². The fourth-order valence-corrected chi connectivity index (χ4v) is 9.03. The third-order valence-corrected chi connectivity index (χ3v) is 11.1. The maximum absolute atomic E-state index is 13.5. The molecule has 9 nitrogen and oxygen atoms in total. The minimum atomic E-state index is -1.55. The molecule has 5 aliphatic rings. The smallest absolute Gasteiger partial charge is 0.220 e. The SMILES string of the molecule is CCCCCCCCCCCCC/C=C/[C@@H](O)[C@H](CO[C@@H]1O[C@H](CO)[C@H](O)[C@H](O)[C@H]1O)NC(=O)CC12CC3CC(CC(C3)C1)C2.